The second-order valence-corrected chi connectivity index (χ2v) is 25.4. The Labute approximate surface area is 571 Å². The highest BCUT2D eigenvalue weighted by atomic mass is 15.2. The second-order valence-electron chi connectivity index (χ2n) is 25.4. The van der Waals surface area contributed by atoms with E-state index in [1.165, 1.54) is 0 Å². The van der Waals surface area contributed by atoms with Gasteiger partial charge in [0.05, 0.1) is 57.2 Å². The van der Waals surface area contributed by atoms with Gasteiger partial charge in [0.15, 0.2) is 0 Å². The number of hydrogen-bond acceptors (Lipinski definition) is 3. The predicted molar refractivity (Wildman–Crippen MR) is 400 cm³/mol. The van der Waals surface area contributed by atoms with Gasteiger partial charge in [0, 0.05) is 72.5 Å². The predicted octanol–water partition coefficient (Wildman–Crippen LogP) is 21.5. The average molecular weight is 1230 g/mol. The van der Waals surface area contributed by atoms with Gasteiger partial charge in [-0.25, -0.2) is 0 Å². The van der Waals surface area contributed by atoms with Crippen LogP contribution >= 0.6 is 0 Å². The molecule has 14 aromatic carbocycles. The molecule has 2 aliphatic heterocycles. The lowest BCUT2D eigenvalue weighted by Crippen LogP contribution is -2.61. The first-order chi connectivity index (χ1) is 52.1. The van der Waals surface area contributed by atoms with E-state index in [1.807, 2.05) is 127 Å². The number of fused-ring (bicyclic) bond motifs is 10. The zero-order chi connectivity index (χ0) is 74.8. The molecule has 446 valence electrons. The molecule has 0 spiro atoms. The van der Waals surface area contributed by atoms with Gasteiger partial charge in [0.2, 0.25) is 0 Å². The molecule has 0 N–H and O–H groups in total. The second kappa shape index (κ2) is 22.0. The standard InChI is InChI=1S/C89H62BN5/c1-89(2,3)67-53-75(61-29-12-6-13-30-61)88(76(54-67)62-31-14-7-15-32-62)95-84-56-68(92-79-39-20-16-35-71(79)72-36-17-21-40-80(72)92)44-46-78(84)90-77-45-43-65(60-27-10-5-11-28-60)50-83(77)94(85-51-66(52-86(95)87(85)90)64-34-24-33-63(49-64)59-25-8-4-9-26-59)70-48-58(57-91)47-69(55-70)93-81-41-22-18-37-73(81)74-38-19-23-42-82(74)93/h4-56H,1-3H3/i5D,10D,11D,16D,17D,20D,21D,27D,28D,35D,36D,39D,40D. The highest BCUT2D eigenvalue weighted by molar-refractivity contribution is 7.00. The number of rotatable bonds is 9. The van der Waals surface area contributed by atoms with Gasteiger partial charge in [-0.1, -0.05) is 251 Å². The molecular formula is C89H62BN5. The molecule has 0 atom stereocenters. The van der Waals surface area contributed by atoms with Crippen LogP contribution in [-0.4, -0.2) is 15.8 Å². The van der Waals surface area contributed by atoms with Gasteiger partial charge in [0.25, 0.3) is 6.71 Å². The molecule has 0 saturated heterocycles. The minimum atomic E-state index is -0.738. The number of para-hydroxylation sites is 4. The van der Waals surface area contributed by atoms with Crippen molar-refractivity contribution < 1.29 is 17.8 Å². The largest absolute Gasteiger partial charge is 0.311 e. The molecule has 16 aromatic rings. The van der Waals surface area contributed by atoms with Crippen molar-refractivity contribution in [2.45, 2.75) is 26.2 Å². The third-order valence-corrected chi connectivity index (χ3v) is 18.9. The van der Waals surface area contributed by atoms with Crippen molar-refractivity contribution in [1.29, 1.82) is 5.26 Å². The van der Waals surface area contributed by atoms with Crippen molar-refractivity contribution in [3.8, 4) is 73.1 Å². The topological polar surface area (TPSA) is 40.1 Å². The highest BCUT2D eigenvalue weighted by Gasteiger charge is 2.45. The van der Waals surface area contributed by atoms with E-state index in [0.29, 0.717) is 50.9 Å². The molecule has 2 aliphatic rings. The van der Waals surface area contributed by atoms with Crippen molar-refractivity contribution in [2.75, 3.05) is 9.80 Å². The molecule has 6 heteroatoms. The lowest BCUT2D eigenvalue weighted by molar-refractivity contribution is 0.591. The van der Waals surface area contributed by atoms with E-state index in [9.17, 15) is 16.2 Å². The van der Waals surface area contributed by atoms with Crippen LogP contribution in [0.25, 0.3) is 111 Å². The zero-order valence-corrected chi connectivity index (χ0v) is 51.9. The summed E-state index contributed by atoms with van der Waals surface area (Å²) in [6.07, 6.45) is 0. The molecule has 18 rings (SSSR count). The minimum absolute atomic E-state index is 0.0129. The summed E-state index contributed by atoms with van der Waals surface area (Å²) in [5.74, 6) is 0. The summed E-state index contributed by atoms with van der Waals surface area (Å²) in [6, 6.07) is 77.8. The molecular weight excluding hydrogens is 1150 g/mol. The Morgan fingerprint density at radius 3 is 1.44 bits per heavy atom. The summed E-state index contributed by atoms with van der Waals surface area (Å²) in [5.41, 5.74) is 17.2. The fraction of sp³-hybridized carbons (Fsp3) is 0.0449. The van der Waals surface area contributed by atoms with Gasteiger partial charge in [-0.05, 0) is 163 Å². The molecule has 0 saturated carbocycles. The quantitative estimate of drug-likeness (QED) is 0.135. The Hall–Kier alpha value is -12.2. The zero-order valence-electron chi connectivity index (χ0n) is 64.9. The summed E-state index contributed by atoms with van der Waals surface area (Å²) in [6.45, 7) is 5.85. The first kappa shape index (κ1) is 43.6. The van der Waals surface area contributed by atoms with Crippen LogP contribution in [0.15, 0.2) is 321 Å². The van der Waals surface area contributed by atoms with E-state index in [0.717, 1.165) is 94.0 Å². The maximum Gasteiger partial charge on any atom is 0.252 e. The number of benzene rings is 14. The van der Waals surface area contributed by atoms with Crippen LogP contribution in [0.1, 0.15) is 49.7 Å². The fourth-order valence-electron chi connectivity index (χ4n) is 14.6. The number of hydrogen-bond donors (Lipinski definition) is 0. The maximum atomic E-state index is 11.5. The Morgan fingerprint density at radius 2 is 0.832 bits per heavy atom. The van der Waals surface area contributed by atoms with Crippen LogP contribution in [0.3, 0.4) is 0 Å². The van der Waals surface area contributed by atoms with Crippen molar-refractivity contribution in [2.24, 2.45) is 0 Å². The van der Waals surface area contributed by atoms with Gasteiger partial charge in [-0.15, -0.1) is 0 Å². The molecule has 0 aliphatic carbocycles. The van der Waals surface area contributed by atoms with Crippen molar-refractivity contribution in [1.82, 2.24) is 9.13 Å². The average Bonchev–Trinajstić information content (AvgIpc) is 1.19. The van der Waals surface area contributed by atoms with Gasteiger partial charge >= 0.3 is 0 Å². The summed E-state index contributed by atoms with van der Waals surface area (Å²) >= 11 is 0. The van der Waals surface area contributed by atoms with E-state index in [1.54, 1.807) is 10.6 Å². The lowest BCUT2D eigenvalue weighted by Gasteiger charge is -2.45. The Kier molecular flexibility index (Phi) is 10.1. The fourth-order valence-corrected chi connectivity index (χ4v) is 14.6. The van der Waals surface area contributed by atoms with Gasteiger partial charge in [-0.3, -0.25) is 0 Å². The Balaban J connectivity index is 1.04. The molecule has 0 fully saturated rings. The summed E-state index contributed by atoms with van der Waals surface area (Å²) < 4.78 is 125. The first-order valence-electron chi connectivity index (χ1n) is 38.2. The monoisotopic (exact) mass is 1220 g/mol. The summed E-state index contributed by atoms with van der Waals surface area (Å²) in [7, 11) is 0. The molecule has 4 heterocycles. The Bertz CT molecular complexity index is 6400. The van der Waals surface area contributed by atoms with E-state index in [4.69, 9.17) is 6.85 Å². The third kappa shape index (κ3) is 9.07. The van der Waals surface area contributed by atoms with Gasteiger partial charge in [0.1, 0.15) is 0 Å². The van der Waals surface area contributed by atoms with Gasteiger partial charge < -0.3 is 18.9 Å². The number of nitrogens with zero attached hydrogens (tertiary/aromatic N) is 5. The normalized spacial score (nSPS) is 14.4. The molecule has 2 aromatic heterocycles. The molecule has 0 bridgehead atoms. The third-order valence-electron chi connectivity index (χ3n) is 18.9. The summed E-state index contributed by atoms with van der Waals surface area (Å²) in [4.78, 5) is 4.45. The van der Waals surface area contributed by atoms with E-state index in [-0.39, 0.29) is 27.4 Å². The molecule has 0 radical (unpaired) electrons. The molecule has 95 heavy (non-hydrogen) atoms. The minimum Gasteiger partial charge on any atom is -0.311 e. The van der Waals surface area contributed by atoms with Gasteiger partial charge in [-0.2, -0.15) is 5.26 Å². The van der Waals surface area contributed by atoms with Crippen LogP contribution in [0.2, 0.25) is 0 Å². The van der Waals surface area contributed by atoms with Crippen molar-refractivity contribution >= 4 is 101 Å². The number of nitriles is 1. The van der Waals surface area contributed by atoms with Crippen LogP contribution in [0, 0.1) is 11.3 Å². The Morgan fingerprint density at radius 1 is 0.347 bits per heavy atom. The van der Waals surface area contributed by atoms with Crippen LogP contribution < -0.4 is 26.2 Å². The van der Waals surface area contributed by atoms with Crippen molar-refractivity contribution in [3.05, 3.63) is 332 Å². The maximum absolute atomic E-state index is 11.5. The summed E-state index contributed by atoms with van der Waals surface area (Å²) in [5, 5.41) is 13.4. The molecule has 5 nitrogen and oxygen atoms in total. The van der Waals surface area contributed by atoms with Crippen molar-refractivity contribution in [3.63, 3.8) is 0 Å². The van der Waals surface area contributed by atoms with E-state index < -0.39 is 90.7 Å². The van der Waals surface area contributed by atoms with E-state index >= 15 is 0 Å². The first-order valence-corrected chi connectivity index (χ1v) is 31.7. The smallest absolute Gasteiger partial charge is 0.252 e. The molecule has 0 amide bonds. The SMILES string of the molecule is [2H]c1c([2H])c([2H])c(-c2ccc3c(c2)N(c2cc(C#N)cc(-n4c5ccccc5c5ccccc54)c2)c2cc(-c4cccc(-c5ccccc5)c4)cc4c2B3c2ccc(-n3c5c([2H])c([2H])c([2H])c([2H])c5c5c([2H])c([2H])c([2H])c([2H])c53)cc2N4c2c(-c3ccccc3)cc(C(C)(C)C)cc2-c2ccccc2)c([2H])c1[2H]. The van der Waals surface area contributed by atoms with Crippen LogP contribution in [0.5, 0.6) is 0 Å². The van der Waals surface area contributed by atoms with Crippen LogP contribution in [0.4, 0.5) is 34.1 Å². The lowest BCUT2D eigenvalue weighted by atomic mass is 9.33. The number of aromatic nitrogens is 2. The highest BCUT2D eigenvalue weighted by Crippen LogP contribution is 2.53. The number of anilines is 6. The molecule has 0 unspecified atom stereocenters. The van der Waals surface area contributed by atoms with E-state index in [2.05, 4.69) is 150 Å². The van der Waals surface area contributed by atoms with Crippen LogP contribution in [-0.2, 0) is 5.41 Å².